The minimum Gasteiger partial charge on any atom is -0.439 e. The van der Waals surface area contributed by atoms with E-state index in [1.807, 2.05) is 0 Å². The van der Waals surface area contributed by atoms with E-state index in [1.165, 1.54) is 6.92 Å². The number of amides is 1. The zero-order valence-corrected chi connectivity index (χ0v) is 8.70. The lowest BCUT2D eigenvalue weighted by Gasteiger charge is -2.16. The van der Waals surface area contributed by atoms with Crippen molar-refractivity contribution in [2.45, 2.75) is 19.1 Å². The Morgan fingerprint density at radius 2 is 2.00 bits per heavy atom. The van der Waals surface area contributed by atoms with Gasteiger partial charge in [0.1, 0.15) is 0 Å². The minimum atomic E-state index is -1.10. The van der Waals surface area contributed by atoms with Crippen molar-refractivity contribution in [1.82, 2.24) is 0 Å². The predicted octanol–water partition coefficient (Wildman–Crippen LogP) is 1.49. The molecule has 1 amide bonds. The maximum atomic E-state index is 10.9. The molecule has 1 rings (SSSR count). The highest BCUT2D eigenvalue weighted by Gasteiger charge is 2.32. The number of primary amides is 1. The Hall–Kier alpha value is -2.11. The first-order valence-corrected chi connectivity index (χ1v) is 4.67. The zero-order chi connectivity index (χ0) is 12.1. The van der Waals surface area contributed by atoms with Crippen LogP contribution < -0.4 is 5.73 Å². The van der Waals surface area contributed by atoms with Crippen molar-refractivity contribution in [3.05, 3.63) is 46.0 Å². The number of hydrogen-bond donors (Lipinski definition) is 1. The van der Waals surface area contributed by atoms with Crippen LogP contribution in [0, 0.1) is 10.1 Å². The van der Waals surface area contributed by atoms with Gasteiger partial charge < -0.3 is 10.5 Å². The lowest BCUT2D eigenvalue weighted by Crippen LogP contribution is -2.30. The normalized spacial score (nSPS) is 13.8. The van der Waals surface area contributed by atoms with E-state index in [-0.39, 0.29) is 0 Å². The van der Waals surface area contributed by atoms with Crippen molar-refractivity contribution in [3.8, 4) is 0 Å². The van der Waals surface area contributed by atoms with Gasteiger partial charge in [0.05, 0.1) is 0 Å². The van der Waals surface area contributed by atoms with Crippen molar-refractivity contribution < 1.29 is 14.5 Å². The number of hydrogen-bond acceptors (Lipinski definition) is 4. The summed E-state index contributed by atoms with van der Waals surface area (Å²) in [5.74, 6) is 0. The van der Waals surface area contributed by atoms with Gasteiger partial charge in [0.25, 0.3) is 6.04 Å². The molecule has 0 fully saturated rings. The van der Waals surface area contributed by atoms with Crippen LogP contribution in [0.5, 0.6) is 0 Å². The van der Waals surface area contributed by atoms with E-state index in [0.717, 1.165) is 0 Å². The Morgan fingerprint density at radius 3 is 2.44 bits per heavy atom. The molecule has 0 radical (unpaired) electrons. The van der Waals surface area contributed by atoms with Crippen molar-refractivity contribution >= 4 is 6.09 Å². The lowest BCUT2D eigenvalue weighted by molar-refractivity contribution is -0.539. The van der Waals surface area contributed by atoms with E-state index in [4.69, 9.17) is 5.73 Å². The van der Waals surface area contributed by atoms with E-state index in [9.17, 15) is 14.9 Å². The molecule has 16 heavy (non-hydrogen) atoms. The van der Waals surface area contributed by atoms with E-state index in [2.05, 4.69) is 4.74 Å². The standard InChI is InChI=1S/C10H12N2O4/c1-7(16-10(11)13)9(12(14)15)8-5-3-2-4-6-8/h2-7,9H,1H3,(H2,11,13). The number of nitrogens with two attached hydrogens (primary N) is 1. The van der Waals surface area contributed by atoms with E-state index in [1.54, 1.807) is 30.3 Å². The molecule has 0 heterocycles. The summed E-state index contributed by atoms with van der Waals surface area (Å²) in [5.41, 5.74) is 5.30. The second-order valence-electron chi connectivity index (χ2n) is 3.28. The first-order chi connectivity index (χ1) is 7.52. The van der Waals surface area contributed by atoms with Crippen LogP contribution in [0.1, 0.15) is 18.5 Å². The van der Waals surface area contributed by atoms with Crippen molar-refractivity contribution in [1.29, 1.82) is 0 Å². The number of rotatable bonds is 4. The maximum Gasteiger partial charge on any atom is 0.405 e. The van der Waals surface area contributed by atoms with Crippen LogP contribution in [0.25, 0.3) is 0 Å². The first kappa shape index (κ1) is 12.0. The lowest BCUT2D eigenvalue weighted by atomic mass is 10.0. The van der Waals surface area contributed by atoms with Gasteiger partial charge in [-0.2, -0.15) is 0 Å². The molecule has 2 unspecified atom stereocenters. The highest BCUT2D eigenvalue weighted by Crippen LogP contribution is 2.22. The molecule has 6 nitrogen and oxygen atoms in total. The van der Waals surface area contributed by atoms with Gasteiger partial charge in [-0.1, -0.05) is 30.3 Å². The molecule has 0 spiro atoms. The average Bonchev–Trinajstić information content (AvgIpc) is 2.17. The van der Waals surface area contributed by atoms with Gasteiger partial charge >= 0.3 is 6.09 Å². The van der Waals surface area contributed by atoms with E-state index < -0.39 is 23.2 Å². The molecular formula is C10H12N2O4. The van der Waals surface area contributed by atoms with Crippen molar-refractivity contribution in [2.75, 3.05) is 0 Å². The third-order valence-electron chi connectivity index (χ3n) is 2.11. The summed E-state index contributed by atoms with van der Waals surface area (Å²) in [5, 5.41) is 10.9. The average molecular weight is 224 g/mol. The Bertz CT molecular complexity index is 380. The zero-order valence-electron chi connectivity index (χ0n) is 8.70. The monoisotopic (exact) mass is 224 g/mol. The van der Waals surface area contributed by atoms with Crippen LogP contribution in [0.3, 0.4) is 0 Å². The first-order valence-electron chi connectivity index (χ1n) is 4.67. The van der Waals surface area contributed by atoms with Crippen LogP contribution in [0.4, 0.5) is 4.79 Å². The van der Waals surface area contributed by atoms with Crippen LogP contribution in [-0.2, 0) is 4.74 Å². The topological polar surface area (TPSA) is 95.5 Å². The van der Waals surface area contributed by atoms with Gasteiger partial charge in [0, 0.05) is 10.5 Å². The largest absolute Gasteiger partial charge is 0.439 e. The smallest absolute Gasteiger partial charge is 0.405 e. The summed E-state index contributed by atoms with van der Waals surface area (Å²) in [7, 11) is 0. The van der Waals surface area contributed by atoms with Crippen LogP contribution >= 0.6 is 0 Å². The maximum absolute atomic E-state index is 10.9. The van der Waals surface area contributed by atoms with Crippen LogP contribution in [0.15, 0.2) is 30.3 Å². The molecule has 2 atom stereocenters. The molecule has 86 valence electrons. The second-order valence-corrected chi connectivity index (χ2v) is 3.28. The van der Waals surface area contributed by atoms with Gasteiger partial charge in [-0.25, -0.2) is 4.79 Å². The van der Waals surface area contributed by atoms with Crippen molar-refractivity contribution in [3.63, 3.8) is 0 Å². The fourth-order valence-corrected chi connectivity index (χ4v) is 1.46. The predicted molar refractivity (Wildman–Crippen MR) is 56.3 cm³/mol. The third kappa shape index (κ3) is 2.94. The summed E-state index contributed by atoms with van der Waals surface area (Å²) in [6, 6.07) is 7.22. The number of ether oxygens (including phenoxy) is 1. The fraction of sp³-hybridized carbons (Fsp3) is 0.300. The Kier molecular flexibility index (Phi) is 3.82. The minimum absolute atomic E-state index is 0.473. The molecule has 0 saturated carbocycles. The van der Waals surface area contributed by atoms with Crippen LogP contribution in [-0.4, -0.2) is 17.1 Å². The Labute approximate surface area is 92.2 Å². The molecule has 0 bridgehead atoms. The molecule has 2 N–H and O–H groups in total. The number of nitrogens with zero attached hydrogens (tertiary/aromatic N) is 1. The SMILES string of the molecule is CC(OC(N)=O)C(c1ccccc1)[N+](=O)[O-]. The summed E-state index contributed by atoms with van der Waals surface area (Å²) in [4.78, 5) is 20.9. The quantitative estimate of drug-likeness (QED) is 0.619. The van der Waals surface area contributed by atoms with Crippen LogP contribution in [0.2, 0.25) is 0 Å². The number of nitro groups is 1. The van der Waals surface area contributed by atoms with Crippen molar-refractivity contribution in [2.24, 2.45) is 5.73 Å². The third-order valence-corrected chi connectivity index (χ3v) is 2.11. The van der Waals surface area contributed by atoms with E-state index in [0.29, 0.717) is 5.56 Å². The Balaban J connectivity index is 2.92. The van der Waals surface area contributed by atoms with Gasteiger partial charge in [-0.05, 0) is 6.92 Å². The molecular weight excluding hydrogens is 212 g/mol. The molecule has 0 aromatic heterocycles. The van der Waals surface area contributed by atoms with Gasteiger partial charge in [0.15, 0.2) is 6.10 Å². The molecule has 0 saturated heterocycles. The fourth-order valence-electron chi connectivity index (χ4n) is 1.46. The summed E-state index contributed by atoms with van der Waals surface area (Å²) in [6.45, 7) is 1.44. The number of carbonyl (C=O) groups excluding carboxylic acids is 1. The van der Waals surface area contributed by atoms with Gasteiger partial charge in [0.2, 0.25) is 0 Å². The molecule has 0 aliphatic heterocycles. The Morgan fingerprint density at radius 1 is 1.44 bits per heavy atom. The summed E-state index contributed by atoms with van der Waals surface area (Å²) < 4.78 is 4.63. The van der Waals surface area contributed by atoms with E-state index >= 15 is 0 Å². The molecule has 0 aliphatic rings. The number of benzene rings is 1. The van der Waals surface area contributed by atoms with Gasteiger partial charge in [-0.3, -0.25) is 10.1 Å². The number of carbonyl (C=O) groups is 1. The van der Waals surface area contributed by atoms with Gasteiger partial charge in [-0.15, -0.1) is 0 Å². The molecule has 0 aliphatic carbocycles. The molecule has 6 heteroatoms. The second kappa shape index (κ2) is 5.11. The highest BCUT2D eigenvalue weighted by atomic mass is 16.6. The molecule has 1 aromatic carbocycles. The summed E-state index contributed by atoms with van der Waals surface area (Å²) >= 11 is 0. The molecule has 1 aromatic rings. The highest BCUT2D eigenvalue weighted by molar-refractivity contribution is 5.64. The summed E-state index contributed by atoms with van der Waals surface area (Å²) in [6.07, 6.45) is -1.93.